The highest BCUT2D eigenvalue weighted by Crippen LogP contribution is 1.99. The first kappa shape index (κ1) is 16.1. The van der Waals surface area contributed by atoms with Gasteiger partial charge in [-0.15, -0.1) is 0 Å². The minimum absolute atomic E-state index is 0.141. The van der Waals surface area contributed by atoms with Crippen LogP contribution in [0.15, 0.2) is 4.99 Å². The first-order valence-corrected chi connectivity index (χ1v) is 6.86. The predicted octanol–water partition coefficient (Wildman–Crippen LogP) is 3.76. The van der Waals surface area contributed by atoms with Crippen LogP contribution in [0.2, 0.25) is 0 Å². The number of carbonyl (C=O) groups is 1. The van der Waals surface area contributed by atoms with Gasteiger partial charge in [0.15, 0.2) is 0 Å². The zero-order valence-corrected chi connectivity index (χ0v) is 11.6. The molecule has 0 fully saturated rings. The molecule has 17 heavy (non-hydrogen) atoms. The molecule has 0 aliphatic carbocycles. The van der Waals surface area contributed by atoms with Gasteiger partial charge in [-0.1, -0.05) is 39.5 Å². The Morgan fingerprint density at radius 2 is 1.71 bits per heavy atom. The summed E-state index contributed by atoms with van der Waals surface area (Å²) < 4.78 is 5.12. The Labute approximate surface area is 106 Å². The van der Waals surface area contributed by atoms with E-state index in [1.807, 2.05) is 6.92 Å². The van der Waals surface area contributed by atoms with Crippen molar-refractivity contribution in [2.75, 3.05) is 13.2 Å². The number of rotatable bonds is 10. The highest BCUT2D eigenvalue weighted by molar-refractivity contribution is 5.97. The van der Waals surface area contributed by atoms with E-state index in [0.29, 0.717) is 13.0 Å². The fraction of sp³-hybridized carbons (Fsp3) is 0.857. The van der Waals surface area contributed by atoms with E-state index in [9.17, 15) is 4.79 Å². The molecule has 0 aromatic heterocycles. The molecule has 3 heteroatoms. The molecule has 3 nitrogen and oxygen atoms in total. The van der Waals surface area contributed by atoms with Crippen LogP contribution in [0.5, 0.6) is 0 Å². The van der Waals surface area contributed by atoms with Gasteiger partial charge >= 0.3 is 5.97 Å². The van der Waals surface area contributed by atoms with Crippen LogP contribution >= 0.6 is 0 Å². The van der Waals surface area contributed by atoms with Gasteiger partial charge in [0.2, 0.25) is 0 Å². The molecule has 0 saturated carbocycles. The lowest BCUT2D eigenvalue weighted by molar-refractivity contribution is -0.142. The highest BCUT2D eigenvalue weighted by atomic mass is 16.5. The molecule has 0 aromatic rings. The number of nitrogens with zero attached hydrogens (tertiary/aromatic N) is 1. The van der Waals surface area contributed by atoms with Crippen LogP contribution in [0, 0.1) is 0 Å². The highest BCUT2D eigenvalue weighted by Gasteiger charge is 2.04. The second kappa shape index (κ2) is 11.6. The topological polar surface area (TPSA) is 38.7 Å². The average molecular weight is 241 g/mol. The van der Waals surface area contributed by atoms with Crippen LogP contribution in [-0.2, 0) is 9.53 Å². The molecule has 0 aliphatic rings. The largest absolute Gasteiger partial charge is 0.465 e. The molecule has 0 aromatic carbocycles. The maximum atomic E-state index is 11.4. The first-order valence-electron chi connectivity index (χ1n) is 6.86. The van der Waals surface area contributed by atoms with E-state index in [0.717, 1.165) is 37.9 Å². The van der Waals surface area contributed by atoms with Crippen LogP contribution in [0.1, 0.15) is 65.7 Å². The summed E-state index contributed by atoms with van der Waals surface area (Å²) in [6.07, 6.45) is 7.10. The van der Waals surface area contributed by atoms with E-state index in [-0.39, 0.29) is 5.97 Å². The summed E-state index contributed by atoms with van der Waals surface area (Å²) in [7, 11) is 0. The lowest BCUT2D eigenvalue weighted by Crippen LogP contribution is -2.10. The molecule has 0 bridgehead atoms. The molecule has 0 rings (SSSR count). The summed E-state index contributed by atoms with van der Waals surface area (Å²) >= 11 is 0. The quantitative estimate of drug-likeness (QED) is 0.332. The number of ether oxygens (including phenoxy) is 1. The predicted molar refractivity (Wildman–Crippen MR) is 72.6 cm³/mol. The van der Waals surface area contributed by atoms with Gasteiger partial charge in [0.1, 0.15) is 0 Å². The second-order valence-corrected chi connectivity index (χ2v) is 4.43. The molecule has 0 unspecified atom stereocenters. The van der Waals surface area contributed by atoms with E-state index >= 15 is 0 Å². The van der Waals surface area contributed by atoms with Crippen molar-refractivity contribution < 1.29 is 9.53 Å². The molecule has 100 valence electrons. The van der Waals surface area contributed by atoms with Crippen LogP contribution in [0.4, 0.5) is 0 Å². The number of unbranched alkanes of at least 4 members (excludes halogenated alkanes) is 4. The lowest BCUT2D eigenvalue weighted by atomic mass is 10.2. The monoisotopic (exact) mass is 241 g/mol. The van der Waals surface area contributed by atoms with Gasteiger partial charge in [-0.3, -0.25) is 9.79 Å². The second-order valence-electron chi connectivity index (χ2n) is 4.43. The van der Waals surface area contributed by atoms with Gasteiger partial charge in [0, 0.05) is 12.3 Å². The molecular formula is C14H27NO2. The normalized spacial score (nSPS) is 11.6. The molecule has 0 saturated heterocycles. The van der Waals surface area contributed by atoms with Crippen molar-refractivity contribution in [3.05, 3.63) is 0 Å². The average Bonchev–Trinajstić information content (AvgIpc) is 2.30. The summed E-state index contributed by atoms with van der Waals surface area (Å²) in [6.45, 7) is 7.59. The zero-order chi connectivity index (χ0) is 12.9. The van der Waals surface area contributed by atoms with Crippen LogP contribution in [-0.4, -0.2) is 24.8 Å². The SMILES string of the molecule is CCCCCN=C(C)CC(=O)OCCCCC. The molecule has 0 aliphatic heterocycles. The van der Waals surface area contributed by atoms with Gasteiger partial charge < -0.3 is 4.74 Å². The maximum Gasteiger partial charge on any atom is 0.311 e. The zero-order valence-electron chi connectivity index (χ0n) is 11.6. The van der Waals surface area contributed by atoms with Crippen LogP contribution < -0.4 is 0 Å². The third kappa shape index (κ3) is 11.4. The van der Waals surface area contributed by atoms with Crippen LogP contribution in [0.3, 0.4) is 0 Å². The minimum Gasteiger partial charge on any atom is -0.465 e. The van der Waals surface area contributed by atoms with Gasteiger partial charge in [0.25, 0.3) is 0 Å². The Hall–Kier alpha value is -0.860. The Kier molecular flexibility index (Phi) is 11.0. The van der Waals surface area contributed by atoms with E-state index < -0.39 is 0 Å². The number of carbonyl (C=O) groups excluding carboxylic acids is 1. The molecule has 0 radical (unpaired) electrons. The van der Waals surface area contributed by atoms with Crippen molar-refractivity contribution in [2.24, 2.45) is 4.99 Å². The summed E-state index contributed by atoms with van der Waals surface area (Å²) in [5.74, 6) is -0.141. The van der Waals surface area contributed by atoms with Crippen molar-refractivity contribution in [1.82, 2.24) is 0 Å². The maximum absolute atomic E-state index is 11.4. The smallest absolute Gasteiger partial charge is 0.311 e. The standard InChI is InChI=1S/C14H27NO2/c1-4-6-8-10-15-13(3)12-14(16)17-11-9-7-5-2/h4-12H2,1-3H3. The Balaban J connectivity index is 3.57. The van der Waals surface area contributed by atoms with E-state index in [4.69, 9.17) is 4.74 Å². The molecule has 0 N–H and O–H groups in total. The van der Waals surface area contributed by atoms with Gasteiger partial charge in [0.05, 0.1) is 13.0 Å². The van der Waals surface area contributed by atoms with E-state index in [1.165, 1.54) is 12.8 Å². The van der Waals surface area contributed by atoms with Crippen molar-refractivity contribution in [3.8, 4) is 0 Å². The fourth-order valence-electron chi connectivity index (χ4n) is 1.49. The Morgan fingerprint density at radius 3 is 2.35 bits per heavy atom. The molecular weight excluding hydrogens is 214 g/mol. The number of hydrogen-bond donors (Lipinski definition) is 0. The van der Waals surface area contributed by atoms with Gasteiger partial charge in [-0.05, 0) is 19.8 Å². The molecule has 0 atom stereocenters. The fourth-order valence-corrected chi connectivity index (χ4v) is 1.49. The molecule has 0 spiro atoms. The number of hydrogen-bond acceptors (Lipinski definition) is 3. The molecule has 0 heterocycles. The number of aliphatic imine (C=N–C) groups is 1. The third-order valence-electron chi connectivity index (χ3n) is 2.55. The van der Waals surface area contributed by atoms with Crippen LogP contribution in [0.25, 0.3) is 0 Å². The number of esters is 1. The van der Waals surface area contributed by atoms with Crippen molar-refractivity contribution in [1.29, 1.82) is 0 Å². The van der Waals surface area contributed by atoms with E-state index in [1.54, 1.807) is 0 Å². The first-order chi connectivity index (χ1) is 8.20. The summed E-state index contributed by atoms with van der Waals surface area (Å²) in [5.41, 5.74) is 0.890. The minimum atomic E-state index is -0.141. The molecule has 0 amide bonds. The summed E-state index contributed by atoms with van der Waals surface area (Å²) in [6, 6.07) is 0. The summed E-state index contributed by atoms with van der Waals surface area (Å²) in [5, 5.41) is 0. The Morgan fingerprint density at radius 1 is 1.06 bits per heavy atom. The van der Waals surface area contributed by atoms with Crippen molar-refractivity contribution in [2.45, 2.75) is 65.7 Å². The lowest BCUT2D eigenvalue weighted by Gasteiger charge is -2.04. The Bertz CT molecular complexity index is 224. The van der Waals surface area contributed by atoms with Gasteiger partial charge in [-0.25, -0.2) is 0 Å². The van der Waals surface area contributed by atoms with E-state index in [2.05, 4.69) is 18.8 Å². The van der Waals surface area contributed by atoms with Crippen molar-refractivity contribution in [3.63, 3.8) is 0 Å². The van der Waals surface area contributed by atoms with Gasteiger partial charge in [-0.2, -0.15) is 0 Å². The summed E-state index contributed by atoms with van der Waals surface area (Å²) in [4.78, 5) is 15.8. The van der Waals surface area contributed by atoms with Crippen molar-refractivity contribution >= 4 is 11.7 Å². The third-order valence-corrected chi connectivity index (χ3v) is 2.55.